The molecule has 1 atom stereocenters. The molecule has 0 bridgehead atoms. The van der Waals surface area contributed by atoms with Gasteiger partial charge >= 0.3 is 0 Å². The molecule has 0 heterocycles. The summed E-state index contributed by atoms with van der Waals surface area (Å²) in [7, 11) is -3.42. The van der Waals surface area contributed by atoms with Crippen molar-refractivity contribution in [3.63, 3.8) is 0 Å². The Kier molecular flexibility index (Phi) is 7.58. The first-order valence-electron chi connectivity index (χ1n) is 6.83. The molecular formula is C14H24N2O2S2. The summed E-state index contributed by atoms with van der Waals surface area (Å²) in [6.45, 7) is 2.63. The number of sulfonamides is 1. The first-order chi connectivity index (χ1) is 9.53. The second-order valence-electron chi connectivity index (χ2n) is 4.72. The van der Waals surface area contributed by atoms with Gasteiger partial charge in [0.05, 0.1) is 4.90 Å². The molecule has 0 spiro atoms. The molecule has 0 saturated heterocycles. The quantitative estimate of drug-likeness (QED) is 0.731. The van der Waals surface area contributed by atoms with Gasteiger partial charge in [0.2, 0.25) is 10.0 Å². The average Bonchev–Trinajstić information content (AvgIpc) is 2.45. The van der Waals surface area contributed by atoms with Gasteiger partial charge in [0.25, 0.3) is 0 Å². The van der Waals surface area contributed by atoms with Crippen LogP contribution in [0.5, 0.6) is 0 Å². The molecule has 0 fully saturated rings. The van der Waals surface area contributed by atoms with Crippen molar-refractivity contribution in [1.29, 1.82) is 0 Å². The van der Waals surface area contributed by atoms with Gasteiger partial charge in [-0.05, 0) is 49.8 Å². The van der Waals surface area contributed by atoms with Crippen molar-refractivity contribution in [1.82, 2.24) is 4.72 Å². The van der Waals surface area contributed by atoms with E-state index in [0.717, 1.165) is 30.6 Å². The first kappa shape index (κ1) is 17.5. The molecule has 0 amide bonds. The van der Waals surface area contributed by atoms with Crippen LogP contribution >= 0.6 is 11.8 Å². The van der Waals surface area contributed by atoms with Crippen molar-refractivity contribution >= 4 is 21.8 Å². The summed E-state index contributed by atoms with van der Waals surface area (Å²) >= 11 is 1.64. The topological polar surface area (TPSA) is 72.2 Å². The highest BCUT2D eigenvalue weighted by Gasteiger charge is 2.18. The number of nitrogens with two attached hydrogens (primary N) is 1. The van der Waals surface area contributed by atoms with Crippen LogP contribution in [0, 0.1) is 0 Å². The van der Waals surface area contributed by atoms with Gasteiger partial charge in [-0.1, -0.05) is 19.1 Å². The zero-order valence-electron chi connectivity index (χ0n) is 12.1. The van der Waals surface area contributed by atoms with Gasteiger partial charge in [-0.3, -0.25) is 0 Å². The van der Waals surface area contributed by atoms with Crippen LogP contribution in [0.3, 0.4) is 0 Å². The van der Waals surface area contributed by atoms with E-state index in [4.69, 9.17) is 5.73 Å². The summed E-state index contributed by atoms with van der Waals surface area (Å²) in [6, 6.07) is 7.03. The predicted octanol–water partition coefficient (Wildman–Crippen LogP) is 2.00. The normalized spacial score (nSPS) is 13.3. The van der Waals surface area contributed by atoms with Crippen LogP contribution in [0.2, 0.25) is 0 Å². The van der Waals surface area contributed by atoms with Gasteiger partial charge in [-0.2, -0.15) is 11.8 Å². The van der Waals surface area contributed by atoms with E-state index in [2.05, 4.69) is 4.72 Å². The van der Waals surface area contributed by atoms with Crippen LogP contribution in [-0.2, 0) is 16.4 Å². The average molecular weight is 316 g/mol. The number of benzene rings is 1. The van der Waals surface area contributed by atoms with E-state index in [1.807, 2.05) is 25.3 Å². The minimum absolute atomic E-state index is 0.0214. The molecule has 1 aromatic carbocycles. The minimum Gasteiger partial charge on any atom is -0.330 e. The maximum atomic E-state index is 12.3. The summed E-state index contributed by atoms with van der Waals surface area (Å²) in [5.74, 6) is 0.782. The van der Waals surface area contributed by atoms with E-state index in [-0.39, 0.29) is 6.04 Å². The van der Waals surface area contributed by atoms with Gasteiger partial charge < -0.3 is 5.73 Å². The SMILES string of the molecule is CCC(CSC)NS(=O)(=O)c1ccc(CCCN)cc1. The van der Waals surface area contributed by atoms with Crippen molar-refractivity contribution in [3.05, 3.63) is 29.8 Å². The summed E-state index contributed by atoms with van der Waals surface area (Å²) in [4.78, 5) is 0.327. The molecule has 0 aliphatic carbocycles. The Morgan fingerprint density at radius 2 is 1.95 bits per heavy atom. The third-order valence-electron chi connectivity index (χ3n) is 3.09. The first-order valence-corrected chi connectivity index (χ1v) is 9.71. The zero-order chi connectivity index (χ0) is 15.0. The highest BCUT2D eigenvalue weighted by atomic mass is 32.2. The molecule has 1 rings (SSSR count). The van der Waals surface area contributed by atoms with Gasteiger partial charge in [0.1, 0.15) is 0 Å². The monoisotopic (exact) mass is 316 g/mol. The molecule has 114 valence electrons. The van der Waals surface area contributed by atoms with Crippen LogP contribution in [0.25, 0.3) is 0 Å². The third-order valence-corrected chi connectivity index (χ3v) is 5.36. The van der Waals surface area contributed by atoms with E-state index in [9.17, 15) is 8.42 Å². The van der Waals surface area contributed by atoms with Gasteiger partial charge in [-0.15, -0.1) is 0 Å². The van der Waals surface area contributed by atoms with Crippen LogP contribution in [0.4, 0.5) is 0 Å². The van der Waals surface area contributed by atoms with Crippen LogP contribution in [-0.4, -0.2) is 33.0 Å². The summed E-state index contributed by atoms with van der Waals surface area (Å²) in [6.07, 6.45) is 4.56. The summed E-state index contributed by atoms with van der Waals surface area (Å²) in [5.41, 5.74) is 6.58. The summed E-state index contributed by atoms with van der Waals surface area (Å²) < 4.78 is 27.3. The van der Waals surface area contributed by atoms with Crippen LogP contribution < -0.4 is 10.5 Å². The lowest BCUT2D eigenvalue weighted by atomic mass is 10.1. The molecule has 1 aromatic rings. The van der Waals surface area contributed by atoms with Crippen molar-refractivity contribution in [2.75, 3.05) is 18.6 Å². The Labute approximate surface area is 126 Å². The van der Waals surface area contributed by atoms with Gasteiger partial charge in [0, 0.05) is 11.8 Å². The number of thioether (sulfide) groups is 1. The lowest BCUT2D eigenvalue weighted by Crippen LogP contribution is -2.36. The fourth-order valence-corrected chi connectivity index (χ4v) is 4.01. The van der Waals surface area contributed by atoms with Gasteiger partial charge in [0.15, 0.2) is 0 Å². The Morgan fingerprint density at radius 3 is 2.45 bits per heavy atom. The molecule has 20 heavy (non-hydrogen) atoms. The van der Waals surface area contributed by atoms with E-state index in [1.54, 1.807) is 23.9 Å². The standard InChI is InChI=1S/C14H24N2O2S2/c1-3-13(11-19-2)16-20(17,18)14-8-6-12(7-9-14)5-4-10-15/h6-9,13,16H,3-5,10-11,15H2,1-2H3. The fourth-order valence-electron chi connectivity index (χ4n) is 1.87. The minimum atomic E-state index is -3.42. The fraction of sp³-hybridized carbons (Fsp3) is 0.571. The van der Waals surface area contributed by atoms with E-state index in [0.29, 0.717) is 11.4 Å². The molecule has 0 radical (unpaired) electrons. The predicted molar refractivity (Wildman–Crippen MR) is 86.6 cm³/mol. The smallest absolute Gasteiger partial charge is 0.240 e. The second kappa shape index (κ2) is 8.67. The number of hydrogen-bond donors (Lipinski definition) is 2. The molecule has 1 unspecified atom stereocenters. The maximum Gasteiger partial charge on any atom is 0.240 e. The lowest BCUT2D eigenvalue weighted by molar-refractivity contribution is 0.558. The Bertz CT molecular complexity index is 486. The van der Waals surface area contributed by atoms with Crippen molar-refractivity contribution in [3.8, 4) is 0 Å². The van der Waals surface area contributed by atoms with Crippen LogP contribution in [0.15, 0.2) is 29.2 Å². The molecule has 3 N–H and O–H groups in total. The number of hydrogen-bond acceptors (Lipinski definition) is 4. The maximum absolute atomic E-state index is 12.3. The van der Waals surface area contributed by atoms with Crippen molar-refractivity contribution < 1.29 is 8.42 Å². The second-order valence-corrected chi connectivity index (χ2v) is 7.34. The number of rotatable bonds is 9. The summed E-state index contributed by atoms with van der Waals surface area (Å²) in [5, 5.41) is 0. The van der Waals surface area contributed by atoms with Crippen molar-refractivity contribution in [2.24, 2.45) is 5.73 Å². The number of nitrogens with one attached hydrogen (secondary N) is 1. The Morgan fingerprint density at radius 1 is 1.30 bits per heavy atom. The molecular weight excluding hydrogens is 292 g/mol. The van der Waals surface area contributed by atoms with E-state index < -0.39 is 10.0 Å². The van der Waals surface area contributed by atoms with Crippen LogP contribution in [0.1, 0.15) is 25.3 Å². The molecule has 0 aliphatic heterocycles. The van der Waals surface area contributed by atoms with Gasteiger partial charge in [-0.25, -0.2) is 13.1 Å². The zero-order valence-corrected chi connectivity index (χ0v) is 13.8. The molecule has 0 aromatic heterocycles. The molecule has 0 aliphatic rings. The molecule has 0 saturated carbocycles. The highest BCUT2D eigenvalue weighted by molar-refractivity contribution is 7.98. The Balaban J connectivity index is 2.76. The van der Waals surface area contributed by atoms with E-state index >= 15 is 0 Å². The number of aryl methyl sites for hydroxylation is 1. The highest BCUT2D eigenvalue weighted by Crippen LogP contribution is 2.13. The van der Waals surface area contributed by atoms with E-state index in [1.165, 1.54) is 0 Å². The molecule has 4 nitrogen and oxygen atoms in total. The third kappa shape index (κ3) is 5.44. The largest absolute Gasteiger partial charge is 0.330 e. The lowest BCUT2D eigenvalue weighted by Gasteiger charge is -2.16. The van der Waals surface area contributed by atoms with Crippen molar-refractivity contribution in [2.45, 2.75) is 37.1 Å². The Hall–Kier alpha value is -0.560. The molecule has 6 heteroatoms.